The minimum absolute atomic E-state index is 0.0170. The molecule has 0 spiro atoms. The number of hydrogen-bond donors (Lipinski definition) is 3. The number of nitrogens with one attached hydrogen (secondary N) is 2. The molecule has 0 saturated heterocycles. The molecule has 0 heterocycles. The summed E-state index contributed by atoms with van der Waals surface area (Å²) in [4.78, 5) is 15.6. The van der Waals surface area contributed by atoms with E-state index in [0.29, 0.717) is 0 Å². The Bertz CT molecular complexity index is 472. The Hall–Kier alpha value is -2.04. The molecule has 0 aliphatic heterocycles. The molecule has 0 aliphatic rings. The Labute approximate surface area is 120 Å². The molecule has 0 saturated carbocycles. The lowest BCUT2D eigenvalue weighted by atomic mass is 10.1. The van der Waals surface area contributed by atoms with Crippen LogP contribution in [0.25, 0.3) is 0 Å². The molecule has 0 aromatic heterocycles. The van der Waals surface area contributed by atoms with E-state index >= 15 is 0 Å². The summed E-state index contributed by atoms with van der Waals surface area (Å²) in [6, 6.07) is 7.94. The molecule has 1 aromatic rings. The summed E-state index contributed by atoms with van der Waals surface area (Å²) in [6.07, 6.45) is 0.997. The summed E-state index contributed by atoms with van der Waals surface area (Å²) in [5.74, 6) is 0.0851. The van der Waals surface area contributed by atoms with Crippen LogP contribution in [0.3, 0.4) is 0 Å². The molecule has 0 atom stereocenters. The summed E-state index contributed by atoms with van der Waals surface area (Å²) in [6.45, 7) is 7.89. The van der Waals surface area contributed by atoms with E-state index in [4.69, 9.17) is 5.73 Å². The van der Waals surface area contributed by atoms with Crippen molar-refractivity contribution in [2.75, 3.05) is 11.9 Å². The third kappa shape index (κ3) is 6.22. The van der Waals surface area contributed by atoms with E-state index in [2.05, 4.69) is 22.5 Å². The van der Waals surface area contributed by atoms with Crippen LogP contribution in [0.4, 0.5) is 5.69 Å². The number of nitrogens with two attached hydrogens (primary N) is 1. The molecule has 0 aliphatic carbocycles. The lowest BCUT2D eigenvalue weighted by Crippen LogP contribution is -2.42. The second kappa shape index (κ2) is 6.93. The zero-order valence-electron chi connectivity index (χ0n) is 12.7. The molecular formula is C15H24N4O. The van der Waals surface area contributed by atoms with Gasteiger partial charge in [0.1, 0.15) is 6.54 Å². The van der Waals surface area contributed by atoms with E-state index < -0.39 is 0 Å². The van der Waals surface area contributed by atoms with Crippen molar-refractivity contribution in [2.45, 2.75) is 39.7 Å². The molecule has 4 N–H and O–H groups in total. The van der Waals surface area contributed by atoms with Crippen LogP contribution in [-0.2, 0) is 11.2 Å². The largest absolute Gasteiger partial charge is 0.370 e. The molecule has 0 bridgehead atoms. The SMILES string of the molecule is CCc1ccc(NC(N)=NCC(=O)NC(C)(C)C)cc1. The van der Waals surface area contributed by atoms with Gasteiger partial charge in [-0.15, -0.1) is 0 Å². The molecule has 0 fully saturated rings. The second-order valence-corrected chi connectivity index (χ2v) is 5.68. The highest BCUT2D eigenvalue weighted by Crippen LogP contribution is 2.09. The Kier molecular flexibility index (Phi) is 5.55. The average Bonchev–Trinajstić information content (AvgIpc) is 2.35. The monoisotopic (exact) mass is 276 g/mol. The standard InChI is InChI=1S/C15H24N4O/c1-5-11-6-8-12(9-7-11)18-14(16)17-10-13(20)19-15(2,3)4/h6-9H,5,10H2,1-4H3,(H,19,20)(H3,16,17,18). The fraction of sp³-hybridized carbons (Fsp3) is 0.467. The number of anilines is 1. The Morgan fingerprint density at radius 1 is 1.25 bits per heavy atom. The van der Waals surface area contributed by atoms with Crippen molar-refractivity contribution in [2.24, 2.45) is 10.7 Å². The van der Waals surface area contributed by atoms with Crippen LogP contribution in [0, 0.1) is 0 Å². The number of hydrogen-bond acceptors (Lipinski definition) is 2. The van der Waals surface area contributed by atoms with Crippen molar-refractivity contribution in [3.8, 4) is 0 Å². The third-order valence-electron chi connectivity index (χ3n) is 2.54. The first-order valence-corrected chi connectivity index (χ1v) is 6.77. The quantitative estimate of drug-likeness (QED) is 0.580. The molecular weight excluding hydrogens is 252 g/mol. The topological polar surface area (TPSA) is 79.5 Å². The Morgan fingerprint density at radius 2 is 1.85 bits per heavy atom. The molecule has 1 amide bonds. The van der Waals surface area contributed by atoms with E-state index in [9.17, 15) is 4.79 Å². The zero-order chi connectivity index (χ0) is 15.2. The maximum atomic E-state index is 11.6. The highest BCUT2D eigenvalue weighted by atomic mass is 16.2. The predicted octanol–water partition coefficient (Wildman–Crippen LogP) is 1.89. The first kappa shape index (κ1) is 16.0. The molecule has 110 valence electrons. The summed E-state index contributed by atoms with van der Waals surface area (Å²) >= 11 is 0. The highest BCUT2D eigenvalue weighted by Gasteiger charge is 2.12. The Morgan fingerprint density at radius 3 is 2.35 bits per heavy atom. The minimum Gasteiger partial charge on any atom is -0.370 e. The number of rotatable bonds is 4. The molecule has 0 unspecified atom stereocenters. The predicted molar refractivity (Wildman–Crippen MR) is 83.8 cm³/mol. The van der Waals surface area contributed by atoms with Crippen molar-refractivity contribution in [3.63, 3.8) is 0 Å². The van der Waals surface area contributed by atoms with Crippen molar-refractivity contribution in [3.05, 3.63) is 29.8 Å². The van der Waals surface area contributed by atoms with Gasteiger partial charge in [0, 0.05) is 11.2 Å². The smallest absolute Gasteiger partial charge is 0.242 e. The number of benzene rings is 1. The summed E-state index contributed by atoms with van der Waals surface area (Å²) in [5, 5.41) is 5.78. The number of nitrogens with zero attached hydrogens (tertiary/aromatic N) is 1. The van der Waals surface area contributed by atoms with Crippen LogP contribution in [0.1, 0.15) is 33.3 Å². The fourth-order valence-corrected chi connectivity index (χ4v) is 1.63. The molecule has 5 nitrogen and oxygen atoms in total. The van der Waals surface area contributed by atoms with Gasteiger partial charge in [0.2, 0.25) is 5.91 Å². The third-order valence-corrected chi connectivity index (χ3v) is 2.54. The van der Waals surface area contributed by atoms with Gasteiger partial charge < -0.3 is 16.4 Å². The van der Waals surface area contributed by atoms with Crippen LogP contribution < -0.4 is 16.4 Å². The fourth-order valence-electron chi connectivity index (χ4n) is 1.63. The summed E-state index contributed by atoms with van der Waals surface area (Å²) in [5.41, 5.74) is 7.61. The maximum Gasteiger partial charge on any atom is 0.242 e. The van der Waals surface area contributed by atoms with E-state index in [1.165, 1.54) is 5.56 Å². The molecule has 5 heteroatoms. The average molecular weight is 276 g/mol. The van der Waals surface area contributed by atoms with Crippen LogP contribution in [0.5, 0.6) is 0 Å². The van der Waals surface area contributed by atoms with Gasteiger partial charge in [-0.3, -0.25) is 4.79 Å². The number of guanidine groups is 1. The highest BCUT2D eigenvalue weighted by molar-refractivity contribution is 5.93. The number of aliphatic imine (C=N–C) groups is 1. The zero-order valence-corrected chi connectivity index (χ0v) is 12.7. The number of carbonyl (C=O) groups is 1. The van der Waals surface area contributed by atoms with Gasteiger partial charge in [-0.1, -0.05) is 19.1 Å². The van der Waals surface area contributed by atoms with E-state index in [0.717, 1.165) is 12.1 Å². The molecule has 1 aromatic carbocycles. The summed E-state index contributed by atoms with van der Waals surface area (Å²) < 4.78 is 0. The first-order valence-electron chi connectivity index (χ1n) is 6.77. The Balaban J connectivity index is 2.50. The van der Waals surface area contributed by atoms with Crippen LogP contribution >= 0.6 is 0 Å². The molecule has 1 rings (SSSR count). The van der Waals surface area contributed by atoms with E-state index in [-0.39, 0.29) is 24.0 Å². The van der Waals surface area contributed by atoms with Gasteiger partial charge in [0.25, 0.3) is 0 Å². The second-order valence-electron chi connectivity index (χ2n) is 5.68. The number of carbonyl (C=O) groups excluding carboxylic acids is 1. The van der Waals surface area contributed by atoms with E-state index in [1.54, 1.807) is 0 Å². The number of aryl methyl sites for hydroxylation is 1. The molecule has 20 heavy (non-hydrogen) atoms. The van der Waals surface area contributed by atoms with Crippen LogP contribution in [0.15, 0.2) is 29.3 Å². The molecule has 0 radical (unpaired) electrons. The van der Waals surface area contributed by atoms with Crippen molar-refractivity contribution in [1.29, 1.82) is 0 Å². The van der Waals surface area contributed by atoms with Crippen molar-refractivity contribution < 1.29 is 4.79 Å². The number of amides is 1. The maximum absolute atomic E-state index is 11.6. The summed E-state index contributed by atoms with van der Waals surface area (Å²) in [7, 11) is 0. The van der Waals surface area contributed by atoms with Gasteiger partial charge >= 0.3 is 0 Å². The van der Waals surface area contributed by atoms with Crippen molar-refractivity contribution in [1.82, 2.24) is 5.32 Å². The minimum atomic E-state index is -0.259. The van der Waals surface area contributed by atoms with Crippen LogP contribution in [-0.4, -0.2) is 24.0 Å². The van der Waals surface area contributed by atoms with E-state index in [1.807, 2.05) is 45.0 Å². The van der Waals surface area contributed by atoms with Gasteiger partial charge in [-0.05, 0) is 44.9 Å². The van der Waals surface area contributed by atoms with Gasteiger partial charge in [0.05, 0.1) is 0 Å². The van der Waals surface area contributed by atoms with Gasteiger partial charge in [-0.2, -0.15) is 0 Å². The van der Waals surface area contributed by atoms with Crippen molar-refractivity contribution >= 4 is 17.6 Å². The van der Waals surface area contributed by atoms with Gasteiger partial charge in [0.15, 0.2) is 5.96 Å². The lowest BCUT2D eigenvalue weighted by molar-refractivity contribution is -0.121. The van der Waals surface area contributed by atoms with Gasteiger partial charge in [-0.25, -0.2) is 4.99 Å². The normalized spacial score (nSPS) is 12.1. The lowest BCUT2D eigenvalue weighted by Gasteiger charge is -2.19. The van der Waals surface area contributed by atoms with Crippen LogP contribution in [0.2, 0.25) is 0 Å². The first-order chi connectivity index (χ1) is 9.30.